The zero-order chi connectivity index (χ0) is 9.42. The van der Waals surface area contributed by atoms with Gasteiger partial charge in [-0.3, -0.25) is 0 Å². The van der Waals surface area contributed by atoms with Gasteiger partial charge in [-0.2, -0.15) is 0 Å². The standard InChI is InChI=1S/C9H8BrClN2/c1-2-5-3-7-8(4-6(5)10)13-9(11)12-7/h3-4H,2H2,1H3,(H,12,13). The summed E-state index contributed by atoms with van der Waals surface area (Å²) in [5.41, 5.74) is 3.15. The average molecular weight is 260 g/mol. The van der Waals surface area contributed by atoms with Crippen LogP contribution in [0.3, 0.4) is 0 Å². The third-order valence-corrected chi connectivity index (χ3v) is 2.92. The summed E-state index contributed by atoms with van der Waals surface area (Å²) in [6.45, 7) is 2.11. The number of nitrogens with zero attached hydrogens (tertiary/aromatic N) is 1. The van der Waals surface area contributed by atoms with Crippen LogP contribution in [0, 0.1) is 0 Å². The maximum atomic E-state index is 5.75. The van der Waals surface area contributed by atoms with Crippen LogP contribution in [0.25, 0.3) is 11.0 Å². The van der Waals surface area contributed by atoms with Crippen LogP contribution in [0.15, 0.2) is 16.6 Å². The molecular weight excluding hydrogens is 251 g/mol. The fraction of sp³-hybridized carbons (Fsp3) is 0.222. The Hall–Kier alpha value is -0.540. The highest BCUT2D eigenvalue weighted by Crippen LogP contribution is 2.24. The summed E-state index contributed by atoms with van der Waals surface area (Å²) in [6, 6.07) is 4.05. The first kappa shape index (κ1) is 9.03. The first-order valence-corrected chi connectivity index (χ1v) is 5.21. The predicted molar refractivity (Wildman–Crippen MR) is 58.2 cm³/mol. The number of rotatable bonds is 1. The molecule has 2 rings (SSSR count). The number of aromatic amines is 1. The Balaban J connectivity index is 2.72. The van der Waals surface area contributed by atoms with Crippen molar-refractivity contribution in [3.63, 3.8) is 0 Å². The maximum Gasteiger partial charge on any atom is 0.201 e. The Morgan fingerprint density at radius 3 is 3.00 bits per heavy atom. The Bertz CT molecular complexity index is 450. The molecule has 0 spiro atoms. The van der Waals surface area contributed by atoms with Gasteiger partial charge in [0.15, 0.2) is 0 Å². The van der Waals surface area contributed by atoms with Gasteiger partial charge < -0.3 is 4.98 Å². The predicted octanol–water partition coefficient (Wildman–Crippen LogP) is 3.54. The molecule has 68 valence electrons. The minimum absolute atomic E-state index is 0.440. The fourth-order valence-corrected chi connectivity index (χ4v) is 2.12. The second kappa shape index (κ2) is 3.31. The summed E-state index contributed by atoms with van der Waals surface area (Å²) in [7, 11) is 0. The molecule has 2 aromatic rings. The number of aromatic nitrogens is 2. The lowest BCUT2D eigenvalue weighted by atomic mass is 10.1. The molecule has 1 aromatic carbocycles. The van der Waals surface area contributed by atoms with Crippen LogP contribution in [-0.2, 0) is 6.42 Å². The number of hydrogen-bond acceptors (Lipinski definition) is 1. The van der Waals surface area contributed by atoms with Crippen LogP contribution < -0.4 is 0 Å². The highest BCUT2D eigenvalue weighted by molar-refractivity contribution is 9.10. The summed E-state index contributed by atoms with van der Waals surface area (Å²) in [5.74, 6) is 0. The van der Waals surface area contributed by atoms with Crippen LogP contribution >= 0.6 is 27.5 Å². The summed E-state index contributed by atoms with van der Waals surface area (Å²) >= 11 is 9.24. The van der Waals surface area contributed by atoms with Crippen molar-refractivity contribution in [1.29, 1.82) is 0 Å². The van der Waals surface area contributed by atoms with Crippen LogP contribution in [0.5, 0.6) is 0 Å². The number of aryl methyl sites for hydroxylation is 1. The van der Waals surface area contributed by atoms with Gasteiger partial charge in [0.25, 0.3) is 0 Å². The molecule has 0 aliphatic heterocycles. The van der Waals surface area contributed by atoms with E-state index in [1.807, 2.05) is 6.07 Å². The molecule has 0 atom stereocenters. The Kier molecular flexibility index (Phi) is 2.30. The number of H-pyrrole nitrogens is 1. The quantitative estimate of drug-likeness (QED) is 0.834. The fourth-order valence-electron chi connectivity index (χ4n) is 1.32. The minimum Gasteiger partial charge on any atom is -0.329 e. The molecule has 1 N–H and O–H groups in total. The van der Waals surface area contributed by atoms with Crippen molar-refractivity contribution < 1.29 is 0 Å². The average Bonchev–Trinajstić information content (AvgIpc) is 2.42. The Labute approximate surface area is 89.4 Å². The second-order valence-electron chi connectivity index (χ2n) is 2.84. The molecule has 13 heavy (non-hydrogen) atoms. The highest BCUT2D eigenvalue weighted by Gasteiger charge is 2.04. The third kappa shape index (κ3) is 1.58. The van der Waals surface area contributed by atoms with Crippen LogP contribution in [0.2, 0.25) is 5.28 Å². The van der Waals surface area contributed by atoms with E-state index in [2.05, 4.69) is 38.9 Å². The molecule has 0 saturated carbocycles. The van der Waals surface area contributed by atoms with Gasteiger partial charge in [-0.1, -0.05) is 22.9 Å². The van der Waals surface area contributed by atoms with E-state index in [0.29, 0.717) is 5.28 Å². The second-order valence-corrected chi connectivity index (χ2v) is 4.05. The molecule has 0 radical (unpaired) electrons. The first-order valence-electron chi connectivity index (χ1n) is 4.04. The first-order chi connectivity index (χ1) is 6.20. The van der Waals surface area contributed by atoms with Gasteiger partial charge >= 0.3 is 0 Å². The van der Waals surface area contributed by atoms with Crippen molar-refractivity contribution in [2.45, 2.75) is 13.3 Å². The van der Waals surface area contributed by atoms with Crippen molar-refractivity contribution in [2.75, 3.05) is 0 Å². The molecule has 0 aliphatic carbocycles. The number of benzene rings is 1. The Morgan fingerprint density at radius 1 is 1.54 bits per heavy atom. The number of fused-ring (bicyclic) bond motifs is 1. The van der Waals surface area contributed by atoms with E-state index in [4.69, 9.17) is 11.6 Å². The largest absolute Gasteiger partial charge is 0.329 e. The maximum absolute atomic E-state index is 5.75. The zero-order valence-electron chi connectivity index (χ0n) is 7.06. The van der Waals surface area contributed by atoms with Crippen molar-refractivity contribution in [2.24, 2.45) is 0 Å². The monoisotopic (exact) mass is 258 g/mol. The van der Waals surface area contributed by atoms with Crippen molar-refractivity contribution >= 4 is 38.6 Å². The minimum atomic E-state index is 0.440. The smallest absolute Gasteiger partial charge is 0.201 e. The molecule has 4 heteroatoms. The number of imidazole rings is 1. The van der Waals surface area contributed by atoms with Crippen LogP contribution in [0.4, 0.5) is 0 Å². The number of nitrogens with one attached hydrogen (secondary N) is 1. The van der Waals surface area contributed by atoms with E-state index in [1.54, 1.807) is 0 Å². The zero-order valence-corrected chi connectivity index (χ0v) is 9.41. The van der Waals surface area contributed by atoms with Gasteiger partial charge in [-0.05, 0) is 35.7 Å². The lowest BCUT2D eigenvalue weighted by molar-refractivity contribution is 1.13. The molecule has 1 heterocycles. The topological polar surface area (TPSA) is 28.7 Å². The number of halogens is 2. The molecule has 2 nitrogen and oxygen atoms in total. The van der Waals surface area contributed by atoms with E-state index in [1.165, 1.54) is 5.56 Å². The summed E-state index contributed by atoms with van der Waals surface area (Å²) < 4.78 is 1.09. The lowest BCUT2D eigenvalue weighted by Crippen LogP contribution is -1.82. The van der Waals surface area contributed by atoms with Gasteiger partial charge in [0.2, 0.25) is 5.28 Å². The molecule has 0 bridgehead atoms. The van der Waals surface area contributed by atoms with E-state index >= 15 is 0 Å². The summed E-state index contributed by atoms with van der Waals surface area (Å²) in [4.78, 5) is 7.12. The van der Waals surface area contributed by atoms with Crippen LogP contribution in [-0.4, -0.2) is 9.97 Å². The van der Waals surface area contributed by atoms with E-state index in [0.717, 1.165) is 21.9 Å². The molecule has 0 aliphatic rings. The van der Waals surface area contributed by atoms with E-state index in [-0.39, 0.29) is 0 Å². The number of hydrogen-bond donors (Lipinski definition) is 1. The Morgan fingerprint density at radius 2 is 2.31 bits per heavy atom. The van der Waals surface area contributed by atoms with Crippen molar-refractivity contribution in [1.82, 2.24) is 9.97 Å². The molecule has 0 saturated heterocycles. The van der Waals surface area contributed by atoms with Gasteiger partial charge in [0.1, 0.15) is 0 Å². The van der Waals surface area contributed by atoms with Crippen molar-refractivity contribution in [3.8, 4) is 0 Å². The van der Waals surface area contributed by atoms with Gasteiger partial charge in [0.05, 0.1) is 11.0 Å². The molecule has 0 fully saturated rings. The van der Waals surface area contributed by atoms with E-state index in [9.17, 15) is 0 Å². The van der Waals surface area contributed by atoms with Crippen LogP contribution in [0.1, 0.15) is 12.5 Å². The molecular formula is C9H8BrClN2. The van der Waals surface area contributed by atoms with Gasteiger partial charge in [0, 0.05) is 4.47 Å². The normalized spacial score (nSPS) is 11.0. The highest BCUT2D eigenvalue weighted by atomic mass is 79.9. The SMILES string of the molecule is CCc1cc2[nH]c(Cl)nc2cc1Br. The third-order valence-electron chi connectivity index (χ3n) is 2.00. The van der Waals surface area contributed by atoms with Crippen molar-refractivity contribution in [3.05, 3.63) is 27.5 Å². The molecule has 0 amide bonds. The van der Waals surface area contributed by atoms with E-state index < -0.39 is 0 Å². The molecule has 1 aromatic heterocycles. The summed E-state index contributed by atoms with van der Waals surface area (Å²) in [5, 5.41) is 0.440. The van der Waals surface area contributed by atoms with Gasteiger partial charge in [-0.15, -0.1) is 0 Å². The summed E-state index contributed by atoms with van der Waals surface area (Å²) in [6.07, 6.45) is 0.993. The van der Waals surface area contributed by atoms with Gasteiger partial charge in [-0.25, -0.2) is 4.98 Å². The lowest BCUT2D eigenvalue weighted by Gasteiger charge is -1.99. The molecule has 0 unspecified atom stereocenters.